The molecule has 13 heavy (non-hydrogen) atoms. The first-order valence-corrected chi connectivity index (χ1v) is 6.33. The highest BCUT2D eigenvalue weighted by Gasteiger charge is 1.98. The van der Waals surface area contributed by atoms with Crippen molar-refractivity contribution in [2.45, 2.75) is 12.3 Å². The number of rotatable bonds is 1. The Balaban J connectivity index is 0.000000424. The van der Waals surface area contributed by atoms with E-state index in [1.165, 1.54) is 6.07 Å². The van der Waals surface area contributed by atoms with Crippen LogP contribution in [-0.4, -0.2) is 5.33 Å². The first-order chi connectivity index (χ1) is 6.15. The Morgan fingerprint density at radius 2 is 1.92 bits per heavy atom. The second kappa shape index (κ2) is 7.77. The molecule has 0 atom stereocenters. The topological polar surface area (TPSA) is 0 Å². The Hall–Kier alpha value is 0.400. The molecule has 0 fully saturated rings. The van der Waals surface area contributed by atoms with Crippen LogP contribution in [0, 0.1) is 5.82 Å². The second-order valence-corrected chi connectivity index (χ2v) is 4.24. The van der Waals surface area contributed by atoms with Crippen LogP contribution in [-0.2, 0) is 5.33 Å². The van der Waals surface area contributed by atoms with Gasteiger partial charge in [-0.3, -0.25) is 0 Å². The summed E-state index contributed by atoms with van der Waals surface area (Å²) in [4.78, 5) is 0. The van der Waals surface area contributed by atoms with E-state index in [-0.39, 0.29) is 10.8 Å². The first kappa shape index (κ1) is 13.4. The zero-order chi connectivity index (χ0) is 10.3. The monoisotopic (exact) mass is 330 g/mol. The molecular weight excluding hydrogens is 322 g/mol. The molecule has 0 saturated carbocycles. The molecular formula is C9H10Br2ClF. The van der Waals surface area contributed by atoms with Gasteiger partial charge in [-0.25, -0.2) is 4.39 Å². The van der Waals surface area contributed by atoms with E-state index in [0.717, 1.165) is 10.9 Å². The highest BCUT2D eigenvalue weighted by atomic mass is 79.9. The lowest BCUT2D eigenvalue weighted by atomic mass is 10.2. The summed E-state index contributed by atoms with van der Waals surface area (Å²) in [5.41, 5.74) is 0.891. The van der Waals surface area contributed by atoms with E-state index in [0.29, 0.717) is 5.33 Å². The van der Waals surface area contributed by atoms with Crippen molar-refractivity contribution in [3.8, 4) is 0 Å². The molecule has 0 nitrogen and oxygen atoms in total. The average molecular weight is 332 g/mol. The summed E-state index contributed by atoms with van der Waals surface area (Å²) in [6.45, 7) is 2.04. The minimum atomic E-state index is -0.362. The number of halogens is 4. The van der Waals surface area contributed by atoms with Crippen molar-refractivity contribution < 1.29 is 4.39 Å². The summed E-state index contributed by atoms with van der Waals surface area (Å²) in [6.07, 6.45) is 0. The highest BCUT2D eigenvalue weighted by molar-refractivity contribution is 9.09. The smallest absolute Gasteiger partial charge is 0.142 e. The predicted molar refractivity (Wildman–Crippen MR) is 63.5 cm³/mol. The predicted octanol–water partition coefficient (Wildman–Crippen LogP) is 4.78. The molecule has 0 saturated heterocycles. The van der Waals surface area contributed by atoms with Crippen LogP contribution in [0.15, 0.2) is 18.2 Å². The molecule has 0 aliphatic heterocycles. The summed E-state index contributed by atoms with van der Waals surface area (Å²) >= 11 is 11.8. The van der Waals surface area contributed by atoms with Crippen molar-refractivity contribution in [2.24, 2.45) is 0 Å². The van der Waals surface area contributed by atoms with Crippen LogP contribution in [0.1, 0.15) is 12.5 Å². The third kappa shape index (κ3) is 5.66. The molecule has 0 amide bonds. The maximum atomic E-state index is 12.6. The van der Waals surface area contributed by atoms with E-state index in [2.05, 4.69) is 31.9 Å². The van der Waals surface area contributed by atoms with Crippen molar-refractivity contribution in [1.29, 1.82) is 0 Å². The fraction of sp³-hybridized carbons (Fsp3) is 0.333. The Morgan fingerprint density at radius 3 is 2.31 bits per heavy atom. The van der Waals surface area contributed by atoms with E-state index in [1.807, 2.05) is 6.92 Å². The third-order valence-electron chi connectivity index (χ3n) is 1.14. The molecule has 0 unspecified atom stereocenters. The van der Waals surface area contributed by atoms with E-state index in [4.69, 9.17) is 11.6 Å². The summed E-state index contributed by atoms with van der Waals surface area (Å²) in [7, 11) is 0. The van der Waals surface area contributed by atoms with Gasteiger partial charge < -0.3 is 0 Å². The van der Waals surface area contributed by atoms with Crippen LogP contribution in [0.4, 0.5) is 4.39 Å². The van der Waals surface area contributed by atoms with Gasteiger partial charge in [0.15, 0.2) is 0 Å². The van der Waals surface area contributed by atoms with Gasteiger partial charge in [-0.2, -0.15) is 0 Å². The summed E-state index contributed by atoms with van der Waals surface area (Å²) in [6, 6.07) is 4.74. The number of alkyl halides is 2. The Morgan fingerprint density at radius 1 is 1.38 bits per heavy atom. The zero-order valence-electron chi connectivity index (χ0n) is 7.16. The van der Waals surface area contributed by atoms with Gasteiger partial charge in [0.05, 0.1) is 5.02 Å². The van der Waals surface area contributed by atoms with Gasteiger partial charge in [0.2, 0.25) is 0 Å². The molecule has 74 valence electrons. The van der Waals surface area contributed by atoms with Crippen LogP contribution in [0.3, 0.4) is 0 Å². The lowest BCUT2D eigenvalue weighted by Crippen LogP contribution is -1.80. The summed E-state index contributed by atoms with van der Waals surface area (Å²) in [5, 5.41) is 1.89. The maximum absolute atomic E-state index is 12.6. The van der Waals surface area contributed by atoms with Crippen LogP contribution < -0.4 is 0 Å². The third-order valence-corrected chi connectivity index (χ3v) is 2.09. The zero-order valence-corrected chi connectivity index (χ0v) is 11.1. The molecule has 0 bridgehead atoms. The number of hydrogen-bond acceptors (Lipinski definition) is 0. The molecule has 0 radical (unpaired) electrons. The Bertz CT molecular complexity index is 253. The average Bonchev–Trinajstić information content (AvgIpc) is 2.11. The summed E-state index contributed by atoms with van der Waals surface area (Å²) in [5.74, 6) is -0.362. The molecule has 0 spiro atoms. The van der Waals surface area contributed by atoms with Gasteiger partial charge in [-0.1, -0.05) is 56.5 Å². The fourth-order valence-electron chi connectivity index (χ4n) is 0.623. The SMILES string of the molecule is CCBr.Fc1cc(CBr)ccc1Cl. The first-order valence-electron chi connectivity index (χ1n) is 3.71. The molecule has 1 aromatic rings. The Kier molecular flexibility index (Phi) is 8.01. The number of benzene rings is 1. The molecule has 1 rings (SSSR count). The van der Waals surface area contributed by atoms with Gasteiger partial charge in [0, 0.05) is 10.7 Å². The second-order valence-electron chi connectivity index (χ2n) is 2.15. The van der Waals surface area contributed by atoms with Crippen molar-refractivity contribution >= 4 is 43.5 Å². The van der Waals surface area contributed by atoms with Crippen LogP contribution in [0.25, 0.3) is 0 Å². The van der Waals surface area contributed by atoms with Crippen LogP contribution in [0.2, 0.25) is 5.02 Å². The minimum Gasteiger partial charge on any atom is -0.205 e. The van der Waals surface area contributed by atoms with Crippen molar-refractivity contribution in [2.75, 3.05) is 5.33 Å². The van der Waals surface area contributed by atoms with E-state index >= 15 is 0 Å². The molecule has 0 aliphatic rings. The largest absolute Gasteiger partial charge is 0.205 e. The van der Waals surface area contributed by atoms with Gasteiger partial charge in [-0.05, 0) is 17.7 Å². The maximum Gasteiger partial charge on any atom is 0.142 e. The molecule has 0 heterocycles. The lowest BCUT2D eigenvalue weighted by molar-refractivity contribution is 0.627. The van der Waals surface area contributed by atoms with Crippen molar-refractivity contribution in [3.05, 3.63) is 34.6 Å². The number of hydrogen-bond donors (Lipinski definition) is 0. The van der Waals surface area contributed by atoms with E-state index in [9.17, 15) is 4.39 Å². The van der Waals surface area contributed by atoms with Gasteiger partial charge in [-0.15, -0.1) is 0 Å². The van der Waals surface area contributed by atoms with Gasteiger partial charge >= 0.3 is 0 Å². The quantitative estimate of drug-likeness (QED) is 0.650. The van der Waals surface area contributed by atoms with E-state index in [1.54, 1.807) is 12.1 Å². The fourth-order valence-corrected chi connectivity index (χ4v) is 1.09. The van der Waals surface area contributed by atoms with Crippen molar-refractivity contribution in [1.82, 2.24) is 0 Å². The van der Waals surface area contributed by atoms with Crippen LogP contribution in [0.5, 0.6) is 0 Å². The van der Waals surface area contributed by atoms with E-state index < -0.39 is 0 Å². The van der Waals surface area contributed by atoms with Crippen molar-refractivity contribution in [3.63, 3.8) is 0 Å². The molecule has 0 aliphatic carbocycles. The Labute approximate surface area is 99.7 Å². The molecule has 0 aromatic heterocycles. The highest BCUT2D eigenvalue weighted by Crippen LogP contribution is 2.16. The standard InChI is InChI=1S/C7H5BrClF.C2H5Br/c8-4-5-1-2-6(9)7(10)3-5;1-2-3/h1-3H,4H2;2H2,1H3. The normalized spacial score (nSPS) is 9.00. The lowest BCUT2D eigenvalue weighted by Gasteiger charge is -1.95. The minimum absolute atomic E-state index is 0.171. The van der Waals surface area contributed by atoms with Gasteiger partial charge in [0.25, 0.3) is 0 Å². The van der Waals surface area contributed by atoms with Crippen LogP contribution >= 0.6 is 43.5 Å². The molecule has 4 heteroatoms. The molecule has 1 aromatic carbocycles. The summed E-state index contributed by atoms with van der Waals surface area (Å²) < 4.78 is 12.6. The van der Waals surface area contributed by atoms with Gasteiger partial charge in [0.1, 0.15) is 5.82 Å². The molecule has 0 N–H and O–H groups in total.